The number of benzene rings is 1. The summed E-state index contributed by atoms with van der Waals surface area (Å²) in [5.74, 6) is 0.450. The summed E-state index contributed by atoms with van der Waals surface area (Å²) in [5.41, 5.74) is 0.915. The lowest BCUT2D eigenvalue weighted by Gasteiger charge is -2.21. The molecule has 4 heteroatoms. The van der Waals surface area contributed by atoms with Crippen LogP contribution in [0.15, 0.2) is 24.3 Å². The van der Waals surface area contributed by atoms with E-state index in [1.54, 1.807) is 12.1 Å². The SMILES string of the molecule is CC1CCCN(C(=O)NCc2ccc(F)cc2)CC1. The number of carbonyl (C=O) groups excluding carboxylic acids is 1. The molecule has 1 N–H and O–H groups in total. The lowest BCUT2D eigenvalue weighted by atomic mass is 10.0. The van der Waals surface area contributed by atoms with E-state index in [9.17, 15) is 9.18 Å². The minimum Gasteiger partial charge on any atom is -0.334 e. The molecule has 1 saturated heterocycles. The number of nitrogens with one attached hydrogen (secondary N) is 1. The number of rotatable bonds is 2. The van der Waals surface area contributed by atoms with Gasteiger partial charge in [0.15, 0.2) is 0 Å². The van der Waals surface area contributed by atoms with Crippen molar-refractivity contribution in [3.05, 3.63) is 35.6 Å². The highest BCUT2D eigenvalue weighted by Gasteiger charge is 2.17. The molecule has 1 aromatic rings. The highest BCUT2D eigenvalue weighted by Crippen LogP contribution is 2.16. The zero-order valence-corrected chi connectivity index (χ0v) is 11.4. The van der Waals surface area contributed by atoms with Crippen molar-refractivity contribution in [2.75, 3.05) is 13.1 Å². The van der Waals surface area contributed by atoms with Crippen LogP contribution in [-0.2, 0) is 6.54 Å². The van der Waals surface area contributed by atoms with Gasteiger partial charge < -0.3 is 10.2 Å². The van der Waals surface area contributed by atoms with Gasteiger partial charge in [0.05, 0.1) is 0 Å². The second-order valence-corrected chi connectivity index (χ2v) is 5.31. The van der Waals surface area contributed by atoms with E-state index in [2.05, 4.69) is 12.2 Å². The number of amides is 2. The molecule has 2 amide bonds. The van der Waals surface area contributed by atoms with Crippen molar-refractivity contribution in [2.24, 2.45) is 5.92 Å². The van der Waals surface area contributed by atoms with Crippen LogP contribution in [0.1, 0.15) is 31.7 Å². The van der Waals surface area contributed by atoms with E-state index >= 15 is 0 Å². The molecule has 1 atom stereocenters. The van der Waals surface area contributed by atoms with Crippen molar-refractivity contribution in [3.63, 3.8) is 0 Å². The Hall–Kier alpha value is -1.58. The van der Waals surface area contributed by atoms with Gasteiger partial charge in [-0.1, -0.05) is 19.1 Å². The van der Waals surface area contributed by atoms with Gasteiger partial charge in [-0.05, 0) is 42.9 Å². The second-order valence-electron chi connectivity index (χ2n) is 5.31. The maximum atomic E-state index is 12.8. The maximum absolute atomic E-state index is 12.8. The zero-order valence-electron chi connectivity index (χ0n) is 11.4. The molecule has 1 aromatic carbocycles. The summed E-state index contributed by atoms with van der Waals surface area (Å²) in [4.78, 5) is 13.9. The predicted octanol–water partition coefficient (Wildman–Crippen LogP) is 3.16. The van der Waals surface area contributed by atoms with E-state index in [-0.39, 0.29) is 11.8 Å². The minimum absolute atomic E-state index is 0.0153. The fourth-order valence-corrected chi connectivity index (χ4v) is 2.36. The summed E-state index contributed by atoms with van der Waals surface area (Å²) in [7, 11) is 0. The van der Waals surface area contributed by atoms with Crippen molar-refractivity contribution in [2.45, 2.75) is 32.7 Å². The first-order valence-corrected chi connectivity index (χ1v) is 6.92. The topological polar surface area (TPSA) is 32.3 Å². The van der Waals surface area contributed by atoms with Crippen LogP contribution >= 0.6 is 0 Å². The van der Waals surface area contributed by atoms with Crippen LogP contribution < -0.4 is 5.32 Å². The van der Waals surface area contributed by atoms with Gasteiger partial charge >= 0.3 is 6.03 Å². The number of hydrogen-bond acceptors (Lipinski definition) is 1. The van der Waals surface area contributed by atoms with Gasteiger partial charge in [0, 0.05) is 19.6 Å². The number of urea groups is 1. The normalized spacial score (nSPS) is 19.9. The monoisotopic (exact) mass is 264 g/mol. The van der Waals surface area contributed by atoms with E-state index in [0.29, 0.717) is 12.5 Å². The highest BCUT2D eigenvalue weighted by atomic mass is 19.1. The number of carbonyl (C=O) groups is 1. The Morgan fingerprint density at radius 2 is 2.05 bits per heavy atom. The Morgan fingerprint density at radius 1 is 1.32 bits per heavy atom. The molecule has 1 unspecified atom stereocenters. The van der Waals surface area contributed by atoms with Gasteiger partial charge in [0.1, 0.15) is 5.82 Å². The molecule has 1 aliphatic rings. The van der Waals surface area contributed by atoms with Crippen molar-refractivity contribution < 1.29 is 9.18 Å². The van der Waals surface area contributed by atoms with Gasteiger partial charge in [-0.15, -0.1) is 0 Å². The molecular formula is C15H21FN2O. The summed E-state index contributed by atoms with van der Waals surface area (Å²) in [6.07, 6.45) is 3.34. The van der Waals surface area contributed by atoms with Gasteiger partial charge in [0.2, 0.25) is 0 Å². The van der Waals surface area contributed by atoms with Crippen LogP contribution in [0.25, 0.3) is 0 Å². The number of likely N-dealkylation sites (tertiary alicyclic amines) is 1. The molecule has 3 nitrogen and oxygen atoms in total. The van der Waals surface area contributed by atoms with E-state index in [1.165, 1.54) is 18.6 Å². The number of hydrogen-bond donors (Lipinski definition) is 1. The number of nitrogens with zero attached hydrogens (tertiary/aromatic N) is 1. The number of halogens is 1. The van der Waals surface area contributed by atoms with Crippen LogP contribution in [0.3, 0.4) is 0 Å². The minimum atomic E-state index is -0.253. The Bertz CT molecular complexity index is 419. The lowest BCUT2D eigenvalue weighted by molar-refractivity contribution is 0.199. The van der Waals surface area contributed by atoms with E-state index in [0.717, 1.165) is 31.5 Å². The molecular weight excluding hydrogens is 243 g/mol. The predicted molar refractivity (Wildman–Crippen MR) is 73.2 cm³/mol. The Morgan fingerprint density at radius 3 is 2.79 bits per heavy atom. The van der Waals surface area contributed by atoms with Crippen molar-refractivity contribution in [1.82, 2.24) is 10.2 Å². The summed E-state index contributed by atoms with van der Waals surface area (Å²) >= 11 is 0. The quantitative estimate of drug-likeness (QED) is 0.874. The van der Waals surface area contributed by atoms with E-state index in [4.69, 9.17) is 0 Å². The Labute approximate surface area is 113 Å². The standard InChI is InChI=1S/C15H21FN2O/c1-12-3-2-9-18(10-8-12)15(19)17-11-13-4-6-14(16)7-5-13/h4-7,12H,2-3,8-11H2,1H3,(H,17,19). The smallest absolute Gasteiger partial charge is 0.317 e. The van der Waals surface area contributed by atoms with Gasteiger partial charge in [-0.2, -0.15) is 0 Å². The molecule has 0 bridgehead atoms. The van der Waals surface area contributed by atoms with Crippen molar-refractivity contribution >= 4 is 6.03 Å². The Balaban J connectivity index is 1.82. The van der Waals surface area contributed by atoms with Crippen LogP contribution in [0.4, 0.5) is 9.18 Å². The third-order valence-electron chi connectivity index (χ3n) is 3.66. The molecule has 0 aromatic heterocycles. The van der Waals surface area contributed by atoms with Crippen molar-refractivity contribution in [1.29, 1.82) is 0 Å². The summed E-state index contributed by atoms with van der Waals surface area (Å²) in [5, 5.41) is 2.90. The summed E-state index contributed by atoms with van der Waals surface area (Å²) in [6, 6.07) is 6.20. The van der Waals surface area contributed by atoms with Crippen LogP contribution in [0, 0.1) is 11.7 Å². The van der Waals surface area contributed by atoms with E-state index < -0.39 is 0 Å². The molecule has 19 heavy (non-hydrogen) atoms. The van der Waals surface area contributed by atoms with Gasteiger partial charge in [-0.3, -0.25) is 0 Å². The molecule has 104 valence electrons. The van der Waals surface area contributed by atoms with Crippen molar-refractivity contribution in [3.8, 4) is 0 Å². The maximum Gasteiger partial charge on any atom is 0.317 e. The molecule has 2 rings (SSSR count). The summed E-state index contributed by atoms with van der Waals surface area (Å²) in [6.45, 7) is 4.35. The Kier molecular flexibility index (Phi) is 4.77. The molecule has 0 radical (unpaired) electrons. The second kappa shape index (κ2) is 6.55. The van der Waals surface area contributed by atoms with E-state index in [1.807, 2.05) is 4.90 Å². The lowest BCUT2D eigenvalue weighted by Crippen LogP contribution is -2.40. The molecule has 1 heterocycles. The summed E-state index contributed by atoms with van der Waals surface area (Å²) < 4.78 is 12.8. The molecule has 0 aliphatic carbocycles. The average molecular weight is 264 g/mol. The van der Waals surface area contributed by atoms with Crippen LogP contribution in [0.2, 0.25) is 0 Å². The first kappa shape index (κ1) is 13.8. The van der Waals surface area contributed by atoms with Gasteiger partial charge in [-0.25, -0.2) is 9.18 Å². The zero-order chi connectivity index (χ0) is 13.7. The van der Waals surface area contributed by atoms with Gasteiger partial charge in [0.25, 0.3) is 0 Å². The van der Waals surface area contributed by atoms with Crippen LogP contribution in [-0.4, -0.2) is 24.0 Å². The first-order chi connectivity index (χ1) is 9.15. The molecule has 0 spiro atoms. The average Bonchev–Trinajstić information content (AvgIpc) is 2.63. The molecule has 1 fully saturated rings. The van der Waals surface area contributed by atoms with Crippen LogP contribution in [0.5, 0.6) is 0 Å². The molecule has 1 aliphatic heterocycles. The fraction of sp³-hybridized carbons (Fsp3) is 0.533. The largest absolute Gasteiger partial charge is 0.334 e. The third kappa shape index (κ3) is 4.23. The first-order valence-electron chi connectivity index (χ1n) is 6.92. The fourth-order valence-electron chi connectivity index (χ4n) is 2.36. The molecule has 0 saturated carbocycles. The third-order valence-corrected chi connectivity index (χ3v) is 3.66. The highest BCUT2D eigenvalue weighted by molar-refractivity contribution is 5.74.